The third-order valence-electron chi connectivity index (χ3n) is 11.0. The van der Waals surface area contributed by atoms with Gasteiger partial charge in [0.25, 0.3) is 0 Å². The maximum Gasteiger partial charge on any atom is 0.142 e. The first-order valence-corrected chi connectivity index (χ1v) is 17.3. The summed E-state index contributed by atoms with van der Waals surface area (Å²) in [5.74, 6) is 0.964. The third kappa shape index (κ3) is 4.27. The minimum atomic E-state index is -0.0811. The second-order valence-corrected chi connectivity index (χ2v) is 14.1. The minimum Gasteiger partial charge on any atom is -0.456 e. The van der Waals surface area contributed by atoms with Gasteiger partial charge in [0.1, 0.15) is 11.3 Å². The number of anilines is 2. The van der Waals surface area contributed by atoms with Gasteiger partial charge in [-0.1, -0.05) is 135 Å². The predicted octanol–water partition coefficient (Wildman–Crippen LogP) is 12.5. The fourth-order valence-electron chi connectivity index (χ4n) is 8.54. The zero-order valence-electron chi connectivity index (χ0n) is 27.7. The van der Waals surface area contributed by atoms with E-state index in [4.69, 9.17) is 4.42 Å². The second-order valence-electron chi connectivity index (χ2n) is 14.1. The molecule has 0 amide bonds. The standard InChI is InChI=1S/C47H35NO/c1-47(2)43-19-11-10-17-37(43)38-24-22-35(28-44(38)47)48(33-21-20-30-12-6-7-15-32(30)26-33)34-23-25-45-41(27-34)42-29-40(31-13-4-3-5-14-31)36-16-8-9-18-39(36)46(42)49-45/h3-26,28-29,34H,27H2,1-2H3. The molecule has 0 N–H and O–H groups in total. The molecule has 10 rings (SSSR count). The van der Waals surface area contributed by atoms with Crippen molar-refractivity contribution in [3.63, 3.8) is 0 Å². The molecule has 0 spiro atoms. The maximum atomic E-state index is 6.71. The normalized spacial score (nSPS) is 15.8. The molecular weight excluding hydrogens is 595 g/mol. The molecule has 0 saturated carbocycles. The van der Waals surface area contributed by atoms with Crippen LogP contribution in [-0.2, 0) is 11.8 Å². The van der Waals surface area contributed by atoms with Crippen LogP contribution in [0.15, 0.2) is 156 Å². The van der Waals surface area contributed by atoms with E-state index < -0.39 is 0 Å². The zero-order valence-corrected chi connectivity index (χ0v) is 27.7. The van der Waals surface area contributed by atoms with Gasteiger partial charge >= 0.3 is 0 Å². The number of fused-ring (bicyclic) bond motifs is 9. The largest absolute Gasteiger partial charge is 0.456 e. The SMILES string of the molecule is CC1(C)c2ccccc2-c2ccc(N(c3ccc4ccccc4c3)C3C=Cc4oc5c(cc(-c6ccccc6)c6ccccc65)c4C3)cc21. The molecule has 1 unspecified atom stereocenters. The lowest BCUT2D eigenvalue weighted by atomic mass is 9.82. The molecule has 1 heterocycles. The van der Waals surface area contributed by atoms with Crippen molar-refractivity contribution >= 4 is 50.0 Å². The summed E-state index contributed by atoms with van der Waals surface area (Å²) in [5.41, 5.74) is 12.5. The van der Waals surface area contributed by atoms with E-state index in [1.54, 1.807) is 0 Å². The van der Waals surface area contributed by atoms with Crippen LogP contribution in [0.3, 0.4) is 0 Å². The average molecular weight is 630 g/mol. The van der Waals surface area contributed by atoms with E-state index in [-0.39, 0.29) is 11.5 Å². The fraction of sp³-hybridized carbons (Fsp3) is 0.106. The number of nitrogens with zero attached hydrogens (tertiary/aromatic N) is 1. The van der Waals surface area contributed by atoms with Gasteiger partial charge in [-0.25, -0.2) is 0 Å². The van der Waals surface area contributed by atoms with Gasteiger partial charge in [-0.05, 0) is 85.9 Å². The van der Waals surface area contributed by atoms with Gasteiger partial charge in [-0.3, -0.25) is 0 Å². The van der Waals surface area contributed by atoms with Gasteiger partial charge < -0.3 is 9.32 Å². The number of benzene rings is 7. The first kappa shape index (κ1) is 28.2. The van der Waals surface area contributed by atoms with E-state index >= 15 is 0 Å². The molecule has 0 radical (unpaired) electrons. The summed E-state index contributed by atoms with van der Waals surface area (Å²) in [6.45, 7) is 4.72. The lowest BCUT2D eigenvalue weighted by Gasteiger charge is -2.35. The number of rotatable bonds is 4. The number of furan rings is 1. The van der Waals surface area contributed by atoms with Gasteiger partial charge in [-0.15, -0.1) is 0 Å². The number of hydrogen-bond acceptors (Lipinski definition) is 2. The molecule has 0 aliphatic heterocycles. The van der Waals surface area contributed by atoms with Crippen LogP contribution in [0.25, 0.3) is 60.8 Å². The molecule has 7 aromatic carbocycles. The Bertz CT molecular complexity index is 2620. The lowest BCUT2D eigenvalue weighted by Crippen LogP contribution is -2.33. The van der Waals surface area contributed by atoms with Crippen molar-refractivity contribution in [3.05, 3.63) is 174 Å². The summed E-state index contributed by atoms with van der Waals surface area (Å²) in [6, 6.07) is 53.4. The molecule has 0 saturated heterocycles. The summed E-state index contributed by atoms with van der Waals surface area (Å²) < 4.78 is 6.71. The van der Waals surface area contributed by atoms with Crippen molar-refractivity contribution in [2.24, 2.45) is 0 Å². The van der Waals surface area contributed by atoms with Crippen molar-refractivity contribution in [1.29, 1.82) is 0 Å². The first-order valence-electron chi connectivity index (χ1n) is 17.3. The Kier molecular flexibility index (Phi) is 6.08. The van der Waals surface area contributed by atoms with Crippen LogP contribution in [-0.4, -0.2) is 6.04 Å². The van der Waals surface area contributed by atoms with E-state index in [2.05, 4.69) is 176 Å². The van der Waals surface area contributed by atoms with Crippen molar-refractivity contribution in [3.8, 4) is 22.3 Å². The van der Waals surface area contributed by atoms with E-state index in [0.29, 0.717) is 0 Å². The van der Waals surface area contributed by atoms with Crippen LogP contribution in [0.5, 0.6) is 0 Å². The zero-order chi connectivity index (χ0) is 32.7. The van der Waals surface area contributed by atoms with Gasteiger partial charge in [0.15, 0.2) is 0 Å². The summed E-state index contributed by atoms with van der Waals surface area (Å²) in [7, 11) is 0. The van der Waals surface area contributed by atoms with Crippen LogP contribution in [0.1, 0.15) is 36.3 Å². The highest BCUT2D eigenvalue weighted by Gasteiger charge is 2.36. The van der Waals surface area contributed by atoms with Crippen molar-refractivity contribution < 1.29 is 4.42 Å². The van der Waals surface area contributed by atoms with Crippen LogP contribution < -0.4 is 4.90 Å². The Labute approximate surface area is 286 Å². The molecule has 2 heteroatoms. The molecule has 2 aliphatic rings. The molecule has 234 valence electrons. The molecule has 2 nitrogen and oxygen atoms in total. The first-order chi connectivity index (χ1) is 24.0. The summed E-state index contributed by atoms with van der Waals surface area (Å²) in [5, 5.41) is 6.06. The van der Waals surface area contributed by atoms with Gasteiger partial charge in [0.05, 0.1) is 6.04 Å². The molecule has 0 bridgehead atoms. The topological polar surface area (TPSA) is 16.4 Å². The Balaban J connectivity index is 1.15. The lowest BCUT2D eigenvalue weighted by molar-refractivity contribution is 0.593. The van der Waals surface area contributed by atoms with Gasteiger partial charge in [0, 0.05) is 39.5 Å². The van der Waals surface area contributed by atoms with Gasteiger partial charge in [-0.2, -0.15) is 0 Å². The van der Waals surface area contributed by atoms with Gasteiger partial charge in [0.2, 0.25) is 0 Å². The minimum absolute atomic E-state index is 0.0811. The van der Waals surface area contributed by atoms with Crippen molar-refractivity contribution in [2.75, 3.05) is 4.90 Å². The Hall–Kier alpha value is -5.86. The average Bonchev–Trinajstić information content (AvgIpc) is 3.63. The van der Waals surface area contributed by atoms with E-state index in [1.165, 1.54) is 71.9 Å². The smallest absolute Gasteiger partial charge is 0.142 e. The Morgan fingerprint density at radius 1 is 0.571 bits per heavy atom. The highest BCUT2D eigenvalue weighted by molar-refractivity contribution is 6.13. The summed E-state index contributed by atoms with van der Waals surface area (Å²) in [4.78, 5) is 2.54. The summed E-state index contributed by atoms with van der Waals surface area (Å²) >= 11 is 0. The fourth-order valence-corrected chi connectivity index (χ4v) is 8.54. The molecule has 8 aromatic rings. The summed E-state index contributed by atoms with van der Waals surface area (Å²) in [6.07, 6.45) is 5.38. The van der Waals surface area contributed by atoms with Crippen molar-refractivity contribution in [2.45, 2.75) is 31.7 Å². The third-order valence-corrected chi connectivity index (χ3v) is 11.0. The Morgan fingerprint density at radius 3 is 2.14 bits per heavy atom. The van der Waals surface area contributed by atoms with Crippen molar-refractivity contribution in [1.82, 2.24) is 0 Å². The monoisotopic (exact) mass is 629 g/mol. The van der Waals surface area contributed by atoms with E-state index in [9.17, 15) is 0 Å². The molecule has 1 aromatic heterocycles. The quantitative estimate of drug-likeness (QED) is 0.193. The second kappa shape index (κ2) is 10.6. The van der Waals surface area contributed by atoms with Crippen LogP contribution in [0, 0.1) is 0 Å². The van der Waals surface area contributed by atoms with Crippen LogP contribution in [0.2, 0.25) is 0 Å². The van der Waals surface area contributed by atoms with E-state index in [0.717, 1.165) is 23.2 Å². The molecule has 1 atom stereocenters. The molecule has 49 heavy (non-hydrogen) atoms. The predicted molar refractivity (Wildman–Crippen MR) is 206 cm³/mol. The van der Waals surface area contributed by atoms with Crippen LogP contribution >= 0.6 is 0 Å². The highest BCUT2D eigenvalue weighted by atomic mass is 16.3. The molecular formula is C47H35NO. The highest BCUT2D eigenvalue weighted by Crippen LogP contribution is 2.50. The number of hydrogen-bond donors (Lipinski definition) is 0. The Morgan fingerprint density at radius 2 is 1.27 bits per heavy atom. The van der Waals surface area contributed by atoms with E-state index in [1.807, 2.05) is 0 Å². The molecule has 0 fully saturated rings. The van der Waals surface area contributed by atoms with Crippen LogP contribution in [0.4, 0.5) is 11.4 Å². The maximum absolute atomic E-state index is 6.71. The molecule has 2 aliphatic carbocycles.